The molecule has 0 aliphatic carbocycles. The second kappa shape index (κ2) is 6.70. The van der Waals surface area contributed by atoms with E-state index in [4.69, 9.17) is 21.5 Å². The van der Waals surface area contributed by atoms with Crippen LogP contribution < -0.4 is 0 Å². The number of oxime groups is 1. The van der Waals surface area contributed by atoms with E-state index in [1.54, 1.807) is 18.2 Å². The first kappa shape index (κ1) is 13.3. The monoisotopic (exact) mass is 253 g/mol. The van der Waals surface area contributed by atoms with Crippen molar-refractivity contribution in [3.05, 3.63) is 40.9 Å². The zero-order chi connectivity index (χ0) is 12.7. The normalized spacial score (nSPS) is 11.8. The molecule has 17 heavy (non-hydrogen) atoms. The number of halogens is 1. The van der Waals surface area contributed by atoms with Crippen LogP contribution in [-0.4, -0.2) is 23.4 Å². The van der Waals surface area contributed by atoms with Crippen LogP contribution in [0.4, 0.5) is 0 Å². The van der Waals surface area contributed by atoms with Crippen molar-refractivity contribution in [2.75, 3.05) is 6.61 Å². The summed E-state index contributed by atoms with van der Waals surface area (Å²) < 4.78 is 0. The Morgan fingerprint density at radius 1 is 1.47 bits per heavy atom. The van der Waals surface area contributed by atoms with Crippen LogP contribution in [0.25, 0.3) is 6.08 Å². The largest absolute Gasteiger partial charge is 0.477 e. The van der Waals surface area contributed by atoms with Gasteiger partial charge in [0.25, 0.3) is 0 Å². The number of carbonyl (C=O) groups is 1. The Morgan fingerprint density at radius 2 is 2.12 bits per heavy atom. The Labute approximate surface area is 104 Å². The second-order valence-electron chi connectivity index (χ2n) is 3.23. The van der Waals surface area contributed by atoms with Crippen LogP contribution in [0.2, 0.25) is 5.02 Å². The highest BCUT2D eigenvalue weighted by Crippen LogP contribution is 2.10. The van der Waals surface area contributed by atoms with E-state index in [0.29, 0.717) is 5.02 Å². The van der Waals surface area contributed by atoms with Gasteiger partial charge in [-0.2, -0.15) is 0 Å². The lowest BCUT2D eigenvalue weighted by molar-refractivity contribution is -0.129. The third-order valence-electron chi connectivity index (χ3n) is 1.86. The first-order chi connectivity index (χ1) is 8.09. The molecule has 90 valence electrons. The molecule has 1 aromatic rings. The van der Waals surface area contributed by atoms with Gasteiger partial charge in [0.05, 0.1) is 0 Å². The molecule has 0 aliphatic rings. The molecule has 0 heterocycles. The molecule has 0 saturated carbocycles. The molecule has 0 bridgehead atoms. The molecule has 0 fully saturated rings. The fourth-order valence-corrected chi connectivity index (χ4v) is 1.10. The SMILES string of the molecule is C/C(=N/OC/C=C/c1ccc(Cl)cc1)C(=O)O. The van der Waals surface area contributed by atoms with Crippen LogP contribution >= 0.6 is 11.6 Å². The standard InChI is InChI=1S/C12H12ClNO3/c1-9(12(15)16)14-17-8-2-3-10-4-6-11(13)7-5-10/h2-7H,8H2,1H3,(H,15,16)/b3-2+,14-9-. The summed E-state index contributed by atoms with van der Waals surface area (Å²) in [5.74, 6) is -1.09. The number of hydrogen-bond acceptors (Lipinski definition) is 3. The summed E-state index contributed by atoms with van der Waals surface area (Å²) in [5.41, 5.74) is 0.904. The van der Waals surface area contributed by atoms with Gasteiger partial charge in [0.2, 0.25) is 0 Å². The number of benzene rings is 1. The van der Waals surface area contributed by atoms with Gasteiger partial charge in [-0.1, -0.05) is 35.0 Å². The summed E-state index contributed by atoms with van der Waals surface area (Å²) in [6, 6.07) is 7.30. The lowest BCUT2D eigenvalue weighted by atomic mass is 10.2. The van der Waals surface area contributed by atoms with Gasteiger partial charge in [-0.3, -0.25) is 0 Å². The minimum absolute atomic E-state index is 0.0788. The lowest BCUT2D eigenvalue weighted by Crippen LogP contribution is -2.08. The average molecular weight is 254 g/mol. The van der Waals surface area contributed by atoms with Crippen LogP contribution in [-0.2, 0) is 9.63 Å². The zero-order valence-electron chi connectivity index (χ0n) is 9.26. The van der Waals surface area contributed by atoms with Crippen LogP contribution in [0.1, 0.15) is 12.5 Å². The van der Waals surface area contributed by atoms with Crippen molar-refractivity contribution in [2.45, 2.75) is 6.92 Å². The van der Waals surface area contributed by atoms with Crippen molar-refractivity contribution < 1.29 is 14.7 Å². The van der Waals surface area contributed by atoms with E-state index in [0.717, 1.165) is 5.56 Å². The van der Waals surface area contributed by atoms with Gasteiger partial charge < -0.3 is 9.94 Å². The maximum Gasteiger partial charge on any atom is 0.353 e. The lowest BCUT2D eigenvalue weighted by Gasteiger charge is -1.95. The molecular weight excluding hydrogens is 242 g/mol. The summed E-state index contributed by atoms with van der Waals surface area (Å²) in [4.78, 5) is 15.2. The van der Waals surface area contributed by atoms with E-state index in [-0.39, 0.29) is 12.3 Å². The summed E-state index contributed by atoms with van der Waals surface area (Å²) in [6.07, 6.45) is 3.57. The van der Waals surface area contributed by atoms with Crippen LogP contribution in [0.15, 0.2) is 35.5 Å². The quantitative estimate of drug-likeness (QED) is 0.499. The summed E-state index contributed by atoms with van der Waals surface area (Å²) >= 11 is 5.74. The Morgan fingerprint density at radius 3 is 2.71 bits per heavy atom. The highest BCUT2D eigenvalue weighted by Gasteiger charge is 2.00. The van der Waals surface area contributed by atoms with Crippen LogP contribution in [0.5, 0.6) is 0 Å². The Balaban J connectivity index is 2.39. The van der Waals surface area contributed by atoms with E-state index < -0.39 is 5.97 Å². The molecule has 1 rings (SSSR count). The van der Waals surface area contributed by atoms with E-state index in [1.165, 1.54) is 6.92 Å². The molecule has 0 atom stereocenters. The highest BCUT2D eigenvalue weighted by atomic mass is 35.5. The van der Waals surface area contributed by atoms with E-state index in [1.807, 2.05) is 18.2 Å². The number of carboxylic acid groups (broad SMARTS) is 1. The number of carboxylic acids is 1. The fourth-order valence-electron chi connectivity index (χ4n) is 0.974. The van der Waals surface area contributed by atoms with Crippen molar-refractivity contribution in [1.82, 2.24) is 0 Å². The molecule has 0 aliphatic heterocycles. The van der Waals surface area contributed by atoms with Gasteiger partial charge >= 0.3 is 5.97 Å². The molecule has 5 heteroatoms. The maximum atomic E-state index is 10.4. The van der Waals surface area contributed by atoms with Gasteiger partial charge in [0.15, 0.2) is 5.71 Å². The first-order valence-corrected chi connectivity index (χ1v) is 5.29. The minimum Gasteiger partial charge on any atom is -0.477 e. The first-order valence-electron chi connectivity index (χ1n) is 4.91. The van der Waals surface area contributed by atoms with Crippen molar-refractivity contribution in [3.63, 3.8) is 0 Å². The predicted octanol–water partition coefficient (Wildman–Crippen LogP) is 2.83. The van der Waals surface area contributed by atoms with Gasteiger partial charge in [0.1, 0.15) is 6.61 Å². The molecule has 0 saturated heterocycles. The predicted molar refractivity (Wildman–Crippen MR) is 67.2 cm³/mol. The molecule has 0 radical (unpaired) electrons. The van der Waals surface area contributed by atoms with Crippen molar-refractivity contribution in [3.8, 4) is 0 Å². The minimum atomic E-state index is -1.09. The molecule has 0 amide bonds. The van der Waals surface area contributed by atoms with Gasteiger partial charge in [-0.05, 0) is 30.7 Å². The summed E-state index contributed by atoms with van der Waals surface area (Å²) in [5, 5.41) is 12.6. The van der Waals surface area contributed by atoms with Crippen LogP contribution in [0.3, 0.4) is 0 Å². The van der Waals surface area contributed by atoms with Crippen molar-refractivity contribution >= 4 is 29.4 Å². The number of aliphatic carboxylic acids is 1. The summed E-state index contributed by atoms with van der Waals surface area (Å²) in [7, 11) is 0. The molecule has 1 aromatic carbocycles. The molecule has 0 spiro atoms. The smallest absolute Gasteiger partial charge is 0.353 e. The Kier molecular flexibility index (Phi) is 5.23. The maximum absolute atomic E-state index is 10.4. The number of nitrogens with zero attached hydrogens (tertiary/aromatic N) is 1. The van der Waals surface area contributed by atoms with Crippen molar-refractivity contribution in [2.24, 2.45) is 5.16 Å². The molecule has 1 N–H and O–H groups in total. The average Bonchev–Trinajstić information content (AvgIpc) is 2.30. The van der Waals surface area contributed by atoms with Crippen molar-refractivity contribution in [1.29, 1.82) is 0 Å². The molecule has 4 nitrogen and oxygen atoms in total. The van der Waals surface area contributed by atoms with Gasteiger partial charge in [-0.15, -0.1) is 0 Å². The highest BCUT2D eigenvalue weighted by molar-refractivity contribution is 6.34. The van der Waals surface area contributed by atoms with Crippen LogP contribution in [0, 0.1) is 0 Å². The van der Waals surface area contributed by atoms with Gasteiger partial charge in [0, 0.05) is 5.02 Å². The number of hydrogen-bond donors (Lipinski definition) is 1. The topological polar surface area (TPSA) is 58.9 Å². The molecule has 0 unspecified atom stereocenters. The second-order valence-corrected chi connectivity index (χ2v) is 3.67. The number of rotatable bonds is 5. The molecule has 0 aromatic heterocycles. The van der Waals surface area contributed by atoms with E-state index >= 15 is 0 Å². The zero-order valence-corrected chi connectivity index (χ0v) is 10.0. The third kappa shape index (κ3) is 5.17. The molecular formula is C12H12ClNO3. The third-order valence-corrected chi connectivity index (χ3v) is 2.11. The van der Waals surface area contributed by atoms with Gasteiger partial charge in [-0.25, -0.2) is 4.79 Å². The van der Waals surface area contributed by atoms with E-state index in [2.05, 4.69) is 5.16 Å². The fraction of sp³-hybridized carbons (Fsp3) is 0.167. The Hall–Kier alpha value is -1.81. The Bertz CT molecular complexity index is 438. The van der Waals surface area contributed by atoms with E-state index in [9.17, 15) is 4.79 Å². The summed E-state index contributed by atoms with van der Waals surface area (Å²) in [6.45, 7) is 1.58.